The van der Waals surface area contributed by atoms with Crippen LogP contribution in [0.4, 0.5) is 43.9 Å². The molecule has 110 valence electrons. The van der Waals surface area contributed by atoms with Gasteiger partial charge in [-0.05, 0) is 22.6 Å². The monoisotopic (exact) mass is 428 g/mol. The molecule has 0 fully saturated rings. The lowest BCUT2D eigenvalue weighted by Crippen LogP contribution is -2.60. The van der Waals surface area contributed by atoms with Gasteiger partial charge in [-0.1, -0.05) is 11.6 Å². The molecule has 1 atom stereocenters. The molecule has 0 spiro atoms. The van der Waals surface area contributed by atoms with E-state index in [4.69, 9.17) is 0 Å². The Hall–Kier alpha value is 0.280. The van der Waals surface area contributed by atoms with Gasteiger partial charge in [-0.3, -0.25) is 4.74 Å². The fourth-order valence-corrected chi connectivity index (χ4v) is 0.660. The average Bonchev–Trinajstić information content (AvgIpc) is 1.95. The Labute approximate surface area is 111 Å². The summed E-state index contributed by atoms with van der Waals surface area (Å²) in [7, 11) is 0. The van der Waals surface area contributed by atoms with E-state index >= 15 is 0 Å². The third-order valence-electron chi connectivity index (χ3n) is 1.33. The number of hydrogen-bond acceptors (Lipinski definition) is 1. The Morgan fingerprint density at radius 3 is 1.17 bits per heavy atom. The first-order chi connectivity index (χ1) is 7.46. The maximum atomic E-state index is 12.7. The smallest absolute Gasteiger partial charge is 0.263 e. The molecule has 13 heteroatoms. The molecule has 0 saturated heterocycles. The molecule has 0 aromatic heterocycles. The summed E-state index contributed by atoms with van der Waals surface area (Å²) >= 11 is 4.11. The molecule has 0 N–H and O–H groups in total. The first kappa shape index (κ1) is 18.3. The SMILES string of the molecule is FC(F)(F)C(F)(OC(F)(F)[C@@](F)(Cl)I)C(F)(F)F. The maximum absolute atomic E-state index is 12.7. The van der Waals surface area contributed by atoms with Crippen LogP contribution >= 0.6 is 34.2 Å². The largest absolute Gasteiger partial charge is 0.458 e. The lowest BCUT2D eigenvalue weighted by atomic mass is 10.3. The van der Waals surface area contributed by atoms with E-state index in [0.717, 1.165) is 0 Å². The summed E-state index contributed by atoms with van der Waals surface area (Å²) in [5, 5.41) is 0. The van der Waals surface area contributed by atoms with Crippen LogP contribution in [0.25, 0.3) is 0 Å². The van der Waals surface area contributed by atoms with Gasteiger partial charge in [0.2, 0.25) is 0 Å². The zero-order chi connectivity index (χ0) is 15.2. The van der Waals surface area contributed by atoms with Crippen LogP contribution in [0.2, 0.25) is 0 Å². The van der Waals surface area contributed by atoms with Crippen molar-refractivity contribution in [2.75, 3.05) is 0 Å². The molecule has 1 nitrogen and oxygen atoms in total. The summed E-state index contributed by atoms with van der Waals surface area (Å²) in [5.74, 6) is -6.76. The Morgan fingerprint density at radius 1 is 0.722 bits per heavy atom. The van der Waals surface area contributed by atoms with Crippen molar-refractivity contribution in [2.24, 2.45) is 0 Å². The molecule has 0 radical (unpaired) electrons. The van der Waals surface area contributed by atoms with Gasteiger partial charge in [0.25, 0.3) is 0 Å². The van der Waals surface area contributed by atoms with Crippen LogP contribution in [0, 0.1) is 0 Å². The van der Waals surface area contributed by atoms with Crippen LogP contribution in [-0.2, 0) is 4.74 Å². The van der Waals surface area contributed by atoms with Gasteiger partial charge in [0, 0.05) is 0 Å². The van der Waals surface area contributed by atoms with Crippen molar-refractivity contribution in [3.8, 4) is 0 Å². The highest BCUT2D eigenvalue weighted by Crippen LogP contribution is 2.53. The molecule has 0 aromatic carbocycles. The second-order valence-corrected chi connectivity index (χ2v) is 5.35. The van der Waals surface area contributed by atoms with Gasteiger partial charge >= 0.3 is 27.5 Å². The van der Waals surface area contributed by atoms with Crippen LogP contribution in [-0.4, -0.2) is 27.5 Å². The van der Waals surface area contributed by atoms with E-state index in [9.17, 15) is 43.9 Å². The summed E-state index contributed by atoms with van der Waals surface area (Å²) in [4.78, 5) is 0. The molecule has 0 unspecified atom stereocenters. The summed E-state index contributed by atoms with van der Waals surface area (Å²) in [6.45, 7) is 0. The third-order valence-corrected chi connectivity index (χ3v) is 2.18. The van der Waals surface area contributed by atoms with Gasteiger partial charge in [0.05, 0.1) is 0 Å². The van der Waals surface area contributed by atoms with Crippen LogP contribution in [0.3, 0.4) is 0 Å². The molecule has 0 saturated carbocycles. The molecule has 0 amide bonds. The van der Waals surface area contributed by atoms with Crippen molar-refractivity contribution in [3.05, 3.63) is 0 Å². The zero-order valence-corrected chi connectivity index (χ0v) is 10.4. The number of halogens is 12. The van der Waals surface area contributed by atoms with E-state index in [-0.39, 0.29) is 22.6 Å². The highest BCUT2D eigenvalue weighted by molar-refractivity contribution is 14.1. The Morgan fingerprint density at radius 2 is 1.00 bits per heavy atom. The Bertz CT molecular complexity index is 289. The molecule has 0 aromatic rings. The molecule has 18 heavy (non-hydrogen) atoms. The van der Waals surface area contributed by atoms with Crippen molar-refractivity contribution >= 4 is 34.2 Å². The number of hydrogen-bond donors (Lipinski definition) is 0. The zero-order valence-electron chi connectivity index (χ0n) is 7.44. The van der Waals surface area contributed by atoms with Crippen molar-refractivity contribution in [2.45, 2.75) is 27.5 Å². The summed E-state index contributed by atoms with van der Waals surface area (Å²) < 4.78 is 118. The number of rotatable bonds is 3. The maximum Gasteiger partial charge on any atom is 0.458 e. The first-order valence-electron chi connectivity index (χ1n) is 3.43. The minimum absolute atomic E-state index is 0.0619. The number of alkyl halides is 12. The first-order valence-corrected chi connectivity index (χ1v) is 4.88. The second kappa shape index (κ2) is 4.68. The highest BCUT2D eigenvalue weighted by Gasteiger charge is 2.79. The van der Waals surface area contributed by atoms with Gasteiger partial charge in [-0.15, -0.1) is 0 Å². The van der Waals surface area contributed by atoms with E-state index in [1.165, 1.54) is 0 Å². The van der Waals surface area contributed by atoms with E-state index in [2.05, 4.69) is 11.6 Å². The molecule has 0 heterocycles. The summed E-state index contributed by atoms with van der Waals surface area (Å²) in [6, 6.07) is 0. The molecule has 0 bridgehead atoms. The van der Waals surface area contributed by atoms with Gasteiger partial charge in [-0.25, -0.2) is 4.39 Å². The van der Waals surface area contributed by atoms with Gasteiger partial charge in [0.1, 0.15) is 0 Å². The molecular weight excluding hydrogens is 428 g/mol. The minimum Gasteiger partial charge on any atom is -0.263 e. The minimum atomic E-state index is -6.91. The summed E-state index contributed by atoms with van der Waals surface area (Å²) in [6.07, 6.45) is -19.7. The Kier molecular flexibility index (Phi) is 4.75. The van der Waals surface area contributed by atoms with Crippen molar-refractivity contribution in [1.82, 2.24) is 0 Å². The number of ether oxygens (including phenoxy) is 1. The van der Waals surface area contributed by atoms with Crippen LogP contribution < -0.4 is 0 Å². The van der Waals surface area contributed by atoms with Gasteiger partial charge < -0.3 is 0 Å². The predicted octanol–water partition coefficient (Wildman–Crippen LogP) is 4.68. The van der Waals surface area contributed by atoms with E-state index in [1.54, 1.807) is 0 Å². The van der Waals surface area contributed by atoms with Gasteiger partial charge in [0.15, 0.2) is 0 Å². The normalized spacial score (nSPS) is 18.7. The molecule has 0 aliphatic heterocycles. The standard InChI is InChI=1S/C5ClF10IO/c6-2(8,17)5(15,16)18-1(7,3(9,10)11)4(12,13)14/t2-/m0/s1. The third kappa shape index (κ3) is 3.43. The lowest BCUT2D eigenvalue weighted by molar-refractivity contribution is -0.484. The van der Waals surface area contributed by atoms with Crippen LogP contribution in [0.5, 0.6) is 0 Å². The predicted molar refractivity (Wildman–Crippen MR) is 45.7 cm³/mol. The molecule has 0 aliphatic rings. The fraction of sp³-hybridized carbons (Fsp3) is 1.00. The van der Waals surface area contributed by atoms with E-state index in [0.29, 0.717) is 0 Å². The topological polar surface area (TPSA) is 9.23 Å². The molecular formula is C5ClF10IO. The molecule has 0 rings (SSSR count). The highest BCUT2D eigenvalue weighted by atomic mass is 127. The van der Waals surface area contributed by atoms with Crippen molar-refractivity contribution in [3.63, 3.8) is 0 Å². The summed E-state index contributed by atoms with van der Waals surface area (Å²) in [5.41, 5.74) is 0. The lowest BCUT2D eigenvalue weighted by Gasteiger charge is -2.34. The van der Waals surface area contributed by atoms with Crippen molar-refractivity contribution in [1.29, 1.82) is 0 Å². The average molecular weight is 428 g/mol. The van der Waals surface area contributed by atoms with E-state index in [1.807, 2.05) is 4.74 Å². The van der Waals surface area contributed by atoms with Crippen LogP contribution in [0.15, 0.2) is 0 Å². The second-order valence-electron chi connectivity index (χ2n) is 2.71. The molecule has 0 aliphatic carbocycles. The van der Waals surface area contributed by atoms with Crippen molar-refractivity contribution < 1.29 is 48.6 Å². The fourth-order valence-electron chi connectivity index (χ4n) is 0.511. The Balaban J connectivity index is 5.58. The van der Waals surface area contributed by atoms with E-state index < -0.39 is 27.5 Å². The van der Waals surface area contributed by atoms with Crippen LogP contribution in [0.1, 0.15) is 0 Å². The van der Waals surface area contributed by atoms with Gasteiger partial charge in [-0.2, -0.15) is 39.5 Å². The quantitative estimate of drug-likeness (QED) is 0.360.